The molecule has 0 spiro atoms. The van der Waals surface area contributed by atoms with E-state index in [0.29, 0.717) is 22.6 Å². The zero-order valence-corrected chi connectivity index (χ0v) is 20.2. The Morgan fingerprint density at radius 3 is 2.27 bits per heavy atom. The summed E-state index contributed by atoms with van der Waals surface area (Å²) in [6.07, 6.45) is -4.28. The quantitative estimate of drug-likeness (QED) is 0.396. The van der Waals surface area contributed by atoms with Crippen molar-refractivity contribution in [2.45, 2.75) is 46.2 Å². The van der Waals surface area contributed by atoms with Gasteiger partial charge in [0.05, 0.1) is 35.1 Å². The highest BCUT2D eigenvalue weighted by Crippen LogP contribution is 2.39. The molecule has 0 aliphatic heterocycles. The minimum absolute atomic E-state index is 0.167. The molecular formula is C24H26Cl2F3NO3. The van der Waals surface area contributed by atoms with Crippen LogP contribution in [-0.4, -0.2) is 24.7 Å². The van der Waals surface area contributed by atoms with E-state index in [9.17, 15) is 22.8 Å². The Hall–Kier alpha value is -2.25. The first-order valence-electron chi connectivity index (χ1n) is 10.4. The number of ether oxygens (including phenoxy) is 1. The normalized spacial score (nSPS) is 14.3. The van der Waals surface area contributed by atoms with Gasteiger partial charge in [0.25, 0.3) is 0 Å². The Balaban J connectivity index is 2.35. The number of aryl methyl sites for hydroxylation is 1. The summed E-state index contributed by atoms with van der Waals surface area (Å²) in [7, 11) is 0. The second kappa shape index (κ2) is 11.3. The number of halogens is 5. The lowest BCUT2D eigenvalue weighted by Gasteiger charge is -2.26. The summed E-state index contributed by atoms with van der Waals surface area (Å²) >= 11 is 12.2. The van der Waals surface area contributed by atoms with E-state index in [1.165, 1.54) is 24.3 Å². The Kier molecular flexibility index (Phi) is 9.20. The first kappa shape index (κ1) is 27.0. The van der Waals surface area contributed by atoms with Crippen LogP contribution >= 0.6 is 23.2 Å². The van der Waals surface area contributed by atoms with E-state index < -0.39 is 29.8 Å². The Labute approximate surface area is 201 Å². The number of amides is 1. The SMILES string of the molecule is CCOC(=O)[C@@H](C)Cc1ccc(Cl)c(NC(=O)[C@H](c2ccc(Cl)c(C)c2)[C@@H](C)C(F)(F)F)c1. The molecule has 0 heterocycles. The molecule has 1 N–H and O–H groups in total. The highest BCUT2D eigenvalue weighted by Gasteiger charge is 2.45. The van der Waals surface area contributed by atoms with Gasteiger partial charge >= 0.3 is 12.1 Å². The Morgan fingerprint density at radius 1 is 1.06 bits per heavy atom. The van der Waals surface area contributed by atoms with Crippen LogP contribution in [-0.2, 0) is 20.7 Å². The molecule has 0 aliphatic carbocycles. The van der Waals surface area contributed by atoms with E-state index in [-0.39, 0.29) is 28.8 Å². The Bertz CT molecular complexity index is 1010. The third kappa shape index (κ3) is 7.11. The van der Waals surface area contributed by atoms with Gasteiger partial charge in [-0.05, 0) is 55.2 Å². The van der Waals surface area contributed by atoms with Gasteiger partial charge in [0.2, 0.25) is 5.91 Å². The largest absolute Gasteiger partial charge is 0.466 e. The molecule has 0 saturated heterocycles. The summed E-state index contributed by atoms with van der Waals surface area (Å²) in [5, 5.41) is 3.10. The van der Waals surface area contributed by atoms with Crippen LogP contribution in [0.4, 0.5) is 18.9 Å². The average Bonchev–Trinajstić information content (AvgIpc) is 2.72. The van der Waals surface area contributed by atoms with Crippen LogP contribution in [0.25, 0.3) is 0 Å². The molecule has 0 aliphatic rings. The molecule has 0 bridgehead atoms. The molecule has 2 rings (SSSR count). The number of carbonyl (C=O) groups excluding carboxylic acids is 2. The molecule has 0 radical (unpaired) electrons. The molecule has 2 aromatic rings. The summed E-state index contributed by atoms with van der Waals surface area (Å²) in [4.78, 5) is 25.0. The maximum atomic E-state index is 13.6. The van der Waals surface area contributed by atoms with Gasteiger partial charge in [-0.15, -0.1) is 0 Å². The Morgan fingerprint density at radius 2 is 1.70 bits per heavy atom. The van der Waals surface area contributed by atoms with Crippen molar-refractivity contribution in [2.24, 2.45) is 11.8 Å². The lowest BCUT2D eigenvalue weighted by Crippen LogP contribution is -2.34. The summed E-state index contributed by atoms with van der Waals surface area (Å²) in [6.45, 7) is 6.29. The highest BCUT2D eigenvalue weighted by molar-refractivity contribution is 6.33. The minimum Gasteiger partial charge on any atom is -0.466 e. The smallest absolute Gasteiger partial charge is 0.392 e. The zero-order valence-electron chi connectivity index (χ0n) is 18.7. The molecule has 9 heteroatoms. The van der Waals surface area contributed by atoms with Gasteiger partial charge in [0.15, 0.2) is 0 Å². The van der Waals surface area contributed by atoms with Crippen molar-refractivity contribution in [1.82, 2.24) is 0 Å². The van der Waals surface area contributed by atoms with E-state index in [4.69, 9.17) is 27.9 Å². The molecule has 33 heavy (non-hydrogen) atoms. The van der Waals surface area contributed by atoms with Crippen molar-refractivity contribution >= 4 is 40.8 Å². The first-order chi connectivity index (χ1) is 15.3. The van der Waals surface area contributed by atoms with Gasteiger partial charge in [0, 0.05) is 5.02 Å². The number of benzene rings is 2. The summed E-state index contributed by atoms with van der Waals surface area (Å²) < 4.78 is 45.8. The summed E-state index contributed by atoms with van der Waals surface area (Å²) in [5.74, 6) is -5.12. The summed E-state index contributed by atoms with van der Waals surface area (Å²) in [5.41, 5.74) is 1.61. The topological polar surface area (TPSA) is 55.4 Å². The second-order valence-corrected chi connectivity index (χ2v) is 8.79. The van der Waals surface area contributed by atoms with E-state index in [2.05, 4.69) is 5.32 Å². The van der Waals surface area contributed by atoms with Crippen LogP contribution in [0.5, 0.6) is 0 Å². The third-order valence-electron chi connectivity index (χ3n) is 5.36. The van der Waals surface area contributed by atoms with Crippen LogP contribution in [0.2, 0.25) is 10.0 Å². The van der Waals surface area contributed by atoms with Crippen LogP contribution in [0.3, 0.4) is 0 Å². The van der Waals surface area contributed by atoms with E-state index >= 15 is 0 Å². The van der Waals surface area contributed by atoms with Crippen LogP contribution < -0.4 is 5.32 Å². The van der Waals surface area contributed by atoms with Gasteiger partial charge in [-0.1, -0.05) is 55.2 Å². The number of esters is 1. The molecule has 0 unspecified atom stereocenters. The number of hydrogen-bond donors (Lipinski definition) is 1. The van der Waals surface area contributed by atoms with Gasteiger partial charge in [-0.25, -0.2) is 0 Å². The molecule has 0 aromatic heterocycles. The minimum atomic E-state index is -4.60. The lowest BCUT2D eigenvalue weighted by atomic mass is 9.85. The number of nitrogens with one attached hydrogen (secondary N) is 1. The van der Waals surface area contributed by atoms with Crippen LogP contribution in [0, 0.1) is 18.8 Å². The second-order valence-electron chi connectivity index (χ2n) is 7.98. The average molecular weight is 504 g/mol. The monoisotopic (exact) mass is 503 g/mol. The zero-order chi connectivity index (χ0) is 24.9. The highest BCUT2D eigenvalue weighted by atomic mass is 35.5. The van der Waals surface area contributed by atoms with Crippen molar-refractivity contribution in [3.63, 3.8) is 0 Å². The molecule has 4 nitrogen and oxygen atoms in total. The molecule has 0 fully saturated rings. The first-order valence-corrected chi connectivity index (χ1v) is 11.2. The van der Waals surface area contributed by atoms with Gasteiger partial charge in [0.1, 0.15) is 0 Å². The van der Waals surface area contributed by atoms with E-state index in [1.54, 1.807) is 32.9 Å². The van der Waals surface area contributed by atoms with Gasteiger partial charge < -0.3 is 10.1 Å². The number of carbonyl (C=O) groups is 2. The number of rotatable bonds is 8. The van der Waals surface area contributed by atoms with Crippen molar-refractivity contribution in [2.75, 3.05) is 11.9 Å². The van der Waals surface area contributed by atoms with Crippen molar-refractivity contribution in [3.8, 4) is 0 Å². The van der Waals surface area contributed by atoms with Crippen LogP contribution in [0.15, 0.2) is 36.4 Å². The lowest BCUT2D eigenvalue weighted by molar-refractivity contribution is -0.178. The number of hydrogen-bond acceptors (Lipinski definition) is 3. The van der Waals surface area contributed by atoms with Crippen molar-refractivity contribution in [1.29, 1.82) is 0 Å². The van der Waals surface area contributed by atoms with E-state index in [1.807, 2.05) is 0 Å². The van der Waals surface area contributed by atoms with Gasteiger partial charge in [-0.2, -0.15) is 13.2 Å². The summed E-state index contributed by atoms with van der Waals surface area (Å²) in [6, 6.07) is 9.14. The number of alkyl halides is 3. The van der Waals surface area contributed by atoms with Gasteiger partial charge in [-0.3, -0.25) is 9.59 Å². The molecule has 180 valence electrons. The van der Waals surface area contributed by atoms with E-state index in [0.717, 1.165) is 6.92 Å². The van der Waals surface area contributed by atoms with Crippen LogP contribution in [0.1, 0.15) is 43.4 Å². The maximum Gasteiger partial charge on any atom is 0.392 e. The fourth-order valence-corrected chi connectivity index (χ4v) is 3.73. The van der Waals surface area contributed by atoms with Crippen molar-refractivity contribution < 1.29 is 27.5 Å². The molecule has 2 aromatic carbocycles. The van der Waals surface area contributed by atoms with Crippen molar-refractivity contribution in [3.05, 3.63) is 63.1 Å². The predicted octanol–water partition coefficient (Wildman–Crippen LogP) is 6.96. The molecule has 0 saturated carbocycles. The fourth-order valence-electron chi connectivity index (χ4n) is 3.44. The molecular weight excluding hydrogens is 478 g/mol. The standard InChI is InChI=1S/C24H26Cl2F3NO3/c1-5-33-23(32)14(3)10-16-6-8-19(26)20(12-16)30-22(31)21(15(4)24(27,28)29)17-7-9-18(25)13(2)11-17/h6-9,11-12,14-15,21H,5,10H2,1-4H3,(H,30,31)/t14-,15+,21-/m0/s1. The fraction of sp³-hybridized carbons (Fsp3) is 0.417. The third-order valence-corrected chi connectivity index (χ3v) is 6.11. The predicted molar refractivity (Wildman–Crippen MR) is 124 cm³/mol. The maximum absolute atomic E-state index is 13.6. The number of anilines is 1. The molecule has 3 atom stereocenters. The molecule has 1 amide bonds.